The van der Waals surface area contributed by atoms with E-state index in [1.165, 1.54) is 16.0 Å². The van der Waals surface area contributed by atoms with Gasteiger partial charge in [0.2, 0.25) is 0 Å². The summed E-state index contributed by atoms with van der Waals surface area (Å²) in [6.07, 6.45) is 9.37. The van der Waals surface area contributed by atoms with Crippen LogP contribution in [0.15, 0.2) is 47.0 Å². The molecule has 0 bridgehead atoms. The highest BCUT2D eigenvalue weighted by atomic mass is 79.9. The fraction of sp³-hybridized carbons (Fsp3) is 0. The Labute approximate surface area is 96.4 Å². The van der Waals surface area contributed by atoms with Gasteiger partial charge in [0.25, 0.3) is 0 Å². The summed E-state index contributed by atoms with van der Waals surface area (Å²) in [5.74, 6) is 0. The summed E-state index contributed by atoms with van der Waals surface area (Å²) in [5.41, 5.74) is 0. The Kier molecular flexibility index (Phi) is 1.95. The fourth-order valence-electron chi connectivity index (χ4n) is 1.93. The highest BCUT2D eigenvalue weighted by molar-refractivity contribution is 9.10. The lowest BCUT2D eigenvalue weighted by atomic mass is 10.0. The molecular weight excluding hydrogens is 248 g/mol. The van der Waals surface area contributed by atoms with Gasteiger partial charge in [-0.15, -0.1) is 0 Å². The standard InChI is InChI=1S/C14H8Br/c15-14-9-10-5-1-2-6-11(10)12-7-3-4-8-13(12)14/h1-4,6-9H/q+1. The maximum atomic E-state index is 3.60. The van der Waals surface area contributed by atoms with Crippen molar-refractivity contribution in [2.45, 2.75) is 0 Å². The van der Waals surface area contributed by atoms with Crippen LogP contribution in [-0.2, 0) is 0 Å². The fourth-order valence-corrected chi connectivity index (χ4v) is 2.51. The van der Waals surface area contributed by atoms with Crippen LogP contribution in [0.25, 0.3) is 22.9 Å². The first-order chi connectivity index (χ1) is 7.36. The third-order valence-electron chi connectivity index (χ3n) is 2.63. The van der Waals surface area contributed by atoms with Crippen molar-refractivity contribution in [3.63, 3.8) is 0 Å². The van der Waals surface area contributed by atoms with Gasteiger partial charge >= 0.3 is 0 Å². The molecule has 0 spiro atoms. The Morgan fingerprint density at radius 2 is 1.87 bits per heavy atom. The van der Waals surface area contributed by atoms with E-state index < -0.39 is 0 Å². The van der Waals surface area contributed by atoms with Crippen LogP contribution in [0, 0.1) is 0 Å². The topological polar surface area (TPSA) is 0 Å². The number of rotatable bonds is 0. The molecule has 0 saturated heterocycles. The Bertz CT molecular complexity index is 678. The SMILES string of the molecule is Brc1cc2c(c3ccccc13)=CC=C[C+]=2. The van der Waals surface area contributed by atoms with Gasteiger partial charge in [0.1, 0.15) is 0 Å². The van der Waals surface area contributed by atoms with Crippen molar-refractivity contribution in [1.29, 1.82) is 0 Å². The molecule has 0 fully saturated rings. The lowest BCUT2D eigenvalue weighted by molar-refractivity contribution is 1.55. The van der Waals surface area contributed by atoms with Crippen LogP contribution in [0.3, 0.4) is 0 Å². The largest absolute Gasteiger partial charge is 0.156 e. The third-order valence-corrected chi connectivity index (χ3v) is 3.29. The highest BCUT2D eigenvalue weighted by Crippen LogP contribution is 2.19. The molecule has 0 radical (unpaired) electrons. The zero-order chi connectivity index (χ0) is 10.3. The van der Waals surface area contributed by atoms with Gasteiger partial charge in [0, 0.05) is 35.1 Å². The second kappa shape index (κ2) is 3.30. The predicted octanol–water partition coefficient (Wildman–Crippen LogP) is 2.61. The molecule has 0 saturated carbocycles. The predicted molar refractivity (Wildman–Crippen MR) is 67.9 cm³/mol. The Morgan fingerprint density at radius 1 is 1.07 bits per heavy atom. The second-order valence-electron chi connectivity index (χ2n) is 3.54. The van der Waals surface area contributed by atoms with Crippen molar-refractivity contribution in [2.75, 3.05) is 0 Å². The summed E-state index contributed by atoms with van der Waals surface area (Å²) in [4.78, 5) is 0. The maximum Gasteiger partial charge on any atom is 0.156 e. The van der Waals surface area contributed by atoms with Crippen molar-refractivity contribution in [3.8, 4) is 0 Å². The van der Waals surface area contributed by atoms with Crippen molar-refractivity contribution in [3.05, 3.63) is 57.4 Å². The van der Waals surface area contributed by atoms with Crippen LogP contribution in [0.4, 0.5) is 0 Å². The first-order valence-electron chi connectivity index (χ1n) is 4.84. The average molecular weight is 256 g/mol. The summed E-state index contributed by atoms with van der Waals surface area (Å²) in [5, 5.41) is 4.95. The summed E-state index contributed by atoms with van der Waals surface area (Å²) < 4.78 is 1.13. The summed E-state index contributed by atoms with van der Waals surface area (Å²) in [6.45, 7) is 0. The van der Waals surface area contributed by atoms with E-state index in [2.05, 4.69) is 58.4 Å². The Balaban J connectivity index is 2.66. The molecule has 0 atom stereocenters. The molecule has 0 nitrogen and oxygen atoms in total. The van der Waals surface area contributed by atoms with E-state index in [-0.39, 0.29) is 0 Å². The minimum Gasteiger partial charge on any atom is -0.0615 e. The molecule has 2 aromatic rings. The van der Waals surface area contributed by atoms with E-state index in [1.54, 1.807) is 0 Å². The average Bonchev–Trinajstić information content (AvgIpc) is 2.30. The molecule has 2 aromatic carbocycles. The zero-order valence-electron chi connectivity index (χ0n) is 8.00. The van der Waals surface area contributed by atoms with Crippen LogP contribution in [0.1, 0.15) is 0 Å². The molecule has 15 heavy (non-hydrogen) atoms. The summed E-state index contributed by atoms with van der Waals surface area (Å²) >= 11 is 3.60. The number of hydrogen-bond acceptors (Lipinski definition) is 0. The lowest BCUT2D eigenvalue weighted by Crippen LogP contribution is -2.26. The van der Waals surface area contributed by atoms with Crippen molar-refractivity contribution >= 4 is 38.9 Å². The summed E-state index contributed by atoms with van der Waals surface area (Å²) in [6, 6.07) is 10.5. The molecular formula is C14H8Br+. The van der Waals surface area contributed by atoms with E-state index in [1.807, 2.05) is 12.2 Å². The van der Waals surface area contributed by atoms with Gasteiger partial charge in [-0.25, -0.2) is 0 Å². The Morgan fingerprint density at radius 3 is 2.73 bits per heavy atom. The zero-order valence-corrected chi connectivity index (χ0v) is 9.58. The van der Waals surface area contributed by atoms with Gasteiger partial charge < -0.3 is 0 Å². The van der Waals surface area contributed by atoms with Crippen LogP contribution in [-0.4, -0.2) is 0 Å². The van der Waals surface area contributed by atoms with Gasteiger partial charge in [-0.05, 0) is 22.0 Å². The number of halogens is 1. The van der Waals surface area contributed by atoms with Crippen LogP contribution >= 0.6 is 15.9 Å². The number of fused-ring (bicyclic) bond motifs is 3. The molecule has 70 valence electrons. The molecule has 1 heteroatoms. The second-order valence-corrected chi connectivity index (χ2v) is 4.39. The van der Waals surface area contributed by atoms with E-state index in [0.29, 0.717) is 0 Å². The van der Waals surface area contributed by atoms with Gasteiger partial charge in [-0.2, -0.15) is 0 Å². The number of hydrogen-bond donors (Lipinski definition) is 0. The molecule has 1 aliphatic carbocycles. The smallest absolute Gasteiger partial charge is 0.0615 e. The van der Waals surface area contributed by atoms with Crippen molar-refractivity contribution < 1.29 is 0 Å². The minimum atomic E-state index is 1.13. The van der Waals surface area contributed by atoms with Crippen molar-refractivity contribution in [1.82, 2.24) is 0 Å². The molecule has 0 heterocycles. The van der Waals surface area contributed by atoms with Crippen LogP contribution in [0.2, 0.25) is 0 Å². The van der Waals surface area contributed by atoms with E-state index in [0.717, 1.165) is 9.69 Å². The molecule has 0 amide bonds. The minimum absolute atomic E-state index is 1.13. The number of allylic oxidation sites excluding steroid dienone is 2. The molecule has 3 rings (SSSR count). The molecule has 0 aromatic heterocycles. The number of benzene rings is 2. The third kappa shape index (κ3) is 1.32. The van der Waals surface area contributed by atoms with Crippen LogP contribution < -0.4 is 10.4 Å². The molecule has 1 aliphatic rings. The molecule has 0 aliphatic heterocycles. The monoisotopic (exact) mass is 255 g/mol. The summed E-state index contributed by atoms with van der Waals surface area (Å²) in [7, 11) is 0. The normalized spacial score (nSPS) is 12.6. The first-order valence-corrected chi connectivity index (χ1v) is 5.63. The maximum absolute atomic E-state index is 3.60. The molecule has 0 unspecified atom stereocenters. The lowest BCUT2D eigenvalue weighted by Gasteiger charge is -1.98. The van der Waals surface area contributed by atoms with Gasteiger partial charge in [0.15, 0.2) is 5.22 Å². The van der Waals surface area contributed by atoms with E-state index in [4.69, 9.17) is 0 Å². The van der Waals surface area contributed by atoms with Gasteiger partial charge in [0.05, 0.1) is 15.8 Å². The van der Waals surface area contributed by atoms with Crippen molar-refractivity contribution in [2.24, 2.45) is 0 Å². The highest BCUT2D eigenvalue weighted by Gasteiger charge is 2.07. The first kappa shape index (κ1) is 8.84. The van der Waals surface area contributed by atoms with Crippen LogP contribution in [0.5, 0.6) is 0 Å². The Hall–Kier alpha value is -1.43. The molecule has 0 N–H and O–H groups in total. The van der Waals surface area contributed by atoms with Gasteiger partial charge in [-0.1, -0.05) is 18.2 Å². The van der Waals surface area contributed by atoms with E-state index >= 15 is 0 Å². The van der Waals surface area contributed by atoms with E-state index in [9.17, 15) is 0 Å². The quantitative estimate of drug-likeness (QED) is 0.635. The van der Waals surface area contributed by atoms with Gasteiger partial charge in [-0.3, -0.25) is 0 Å².